The van der Waals surface area contributed by atoms with Gasteiger partial charge in [-0.1, -0.05) is 6.07 Å². The van der Waals surface area contributed by atoms with Crippen LogP contribution in [0.3, 0.4) is 0 Å². The number of carbonyl (C=O) groups is 1. The predicted molar refractivity (Wildman–Crippen MR) is 85.3 cm³/mol. The first kappa shape index (κ1) is 18.2. The average molecular weight is 357 g/mol. The number of likely N-dealkylation sites (tertiary alicyclic amines) is 1. The van der Waals surface area contributed by atoms with Crippen molar-refractivity contribution in [2.45, 2.75) is 43.6 Å². The predicted octanol–water partition coefficient (Wildman–Crippen LogP) is 3.51. The summed E-state index contributed by atoms with van der Waals surface area (Å²) in [5.74, 6) is -0.370. The molecule has 0 radical (unpaired) electrons. The third kappa shape index (κ3) is 3.67. The maximum absolute atomic E-state index is 12.8. The van der Waals surface area contributed by atoms with Gasteiger partial charge >= 0.3 is 6.18 Å². The molecule has 0 aliphatic carbocycles. The first-order valence-electron chi connectivity index (χ1n) is 8.49. The van der Waals surface area contributed by atoms with Crippen LogP contribution in [0.5, 0.6) is 0 Å². The summed E-state index contributed by atoms with van der Waals surface area (Å²) in [7, 11) is 1.67. The molecular formula is C18H22F3NO3. The second-order valence-electron chi connectivity index (χ2n) is 6.65. The Bertz CT molecular complexity index is 624. The minimum absolute atomic E-state index is 0.00654. The third-order valence-electron chi connectivity index (χ3n) is 5.21. The van der Waals surface area contributed by atoms with Gasteiger partial charge in [0.1, 0.15) is 0 Å². The molecule has 0 aromatic heterocycles. The lowest BCUT2D eigenvalue weighted by molar-refractivity contribution is -0.183. The van der Waals surface area contributed by atoms with Gasteiger partial charge in [0.05, 0.1) is 17.3 Å². The molecule has 1 amide bonds. The number of alkyl halides is 3. The minimum atomic E-state index is -4.45. The monoisotopic (exact) mass is 357 g/mol. The van der Waals surface area contributed by atoms with Crippen LogP contribution in [0.4, 0.5) is 13.2 Å². The molecule has 138 valence electrons. The normalized spacial score (nSPS) is 23.7. The molecule has 4 nitrogen and oxygen atoms in total. The van der Waals surface area contributed by atoms with Crippen LogP contribution < -0.4 is 0 Å². The lowest BCUT2D eigenvalue weighted by Crippen LogP contribution is -2.56. The van der Waals surface area contributed by atoms with Crippen molar-refractivity contribution in [1.82, 2.24) is 4.90 Å². The number of ether oxygens (including phenoxy) is 2. The van der Waals surface area contributed by atoms with Crippen LogP contribution in [0.2, 0.25) is 0 Å². The van der Waals surface area contributed by atoms with Crippen molar-refractivity contribution in [2.24, 2.45) is 0 Å². The fourth-order valence-corrected chi connectivity index (χ4v) is 3.80. The molecule has 1 aromatic rings. The summed E-state index contributed by atoms with van der Waals surface area (Å²) in [5.41, 5.74) is -1.11. The Morgan fingerprint density at radius 3 is 2.68 bits per heavy atom. The molecule has 25 heavy (non-hydrogen) atoms. The van der Waals surface area contributed by atoms with Crippen molar-refractivity contribution in [3.8, 4) is 0 Å². The molecule has 0 bridgehead atoms. The van der Waals surface area contributed by atoms with Crippen molar-refractivity contribution >= 4 is 5.91 Å². The van der Waals surface area contributed by atoms with Gasteiger partial charge in [-0.25, -0.2) is 0 Å². The highest BCUT2D eigenvalue weighted by molar-refractivity contribution is 5.94. The molecule has 2 fully saturated rings. The number of hydrogen-bond acceptors (Lipinski definition) is 3. The Morgan fingerprint density at radius 2 is 2.04 bits per heavy atom. The molecule has 2 heterocycles. The lowest BCUT2D eigenvalue weighted by Gasteiger charge is -2.48. The van der Waals surface area contributed by atoms with E-state index in [1.165, 1.54) is 12.1 Å². The molecule has 7 heteroatoms. The fraction of sp³-hybridized carbons (Fsp3) is 0.611. The molecule has 2 aliphatic rings. The quantitative estimate of drug-likeness (QED) is 0.813. The van der Waals surface area contributed by atoms with Gasteiger partial charge in [-0.3, -0.25) is 4.79 Å². The van der Waals surface area contributed by atoms with Crippen LogP contribution in [0.15, 0.2) is 24.3 Å². The zero-order chi connectivity index (χ0) is 18.1. The molecule has 2 saturated heterocycles. The molecule has 0 unspecified atom stereocenters. The Hall–Kier alpha value is -1.60. The van der Waals surface area contributed by atoms with Crippen LogP contribution >= 0.6 is 0 Å². The van der Waals surface area contributed by atoms with Gasteiger partial charge in [-0.15, -0.1) is 0 Å². The van der Waals surface area contributed by atoms with Crippen LogP contribution in [0, 0.1) is 0 Å². The fourth-order valence-electron chi connectivity index (χ4n) is 3.80. The number of hydrogen-bond donors (Lipinski definition) is 0. The molecule has 0 N–H and O–H groups in total. The standard InChI is InChI=1S/C18H22F3NO3/c1-24-15-6-3-11-25-17(15)7-9-22(10-8-17)16(23)13-4-2-5-14(12-13)18(19,20)21/h2,4-5,12,15H,3,6-11H2,1H3/t15-/m1/s1. The summed E-state index contributed by atoms with van der Waals surface area (Å²) in [5, 5.41) is 0. The highest BCUT2D eigenvalue weighted by Gasteiger charge is 2.45. The van der Waals surface area contributed by atoms with Gasteiger partial charge in [0.15, 0.2) is 0 Å². The van der Waals surface area contributed by atoms with Gasteiger partial charge < -0.3 is 14.4 Å². The van der Waals surface area contributed by atoms with Crippen LogP contribution in [-0.2, 0) is 15.7 Å². The number of nitrogens with zero attached hydrogens (tertiary/aromatic N) is 1. The first-order valence-corrected chi connectivity index (χ1v) is 8.49. The summed E-state index contributed by atoms with van der Waals surface area (Å²) in [6.07, 6.45) is -1.30. The second-order valence-corrected chi connectivity index (χ2v) is 6.65. The number of halogens is 3. The summed E-state index contributed by atoms with van der Waals surface area (Å²) in [6.45, 7) is 1.59. The molecule has 0 saturated carbocycles. The van der Waals surface area contributed by atoms with E-state index in [4.69, 9.17) is 9.47 Å². The van der Waals surface area contributed by atoms with E-state index >= 15 is 0 Å². The summed E-state index contributed by atoms with van der Waals surface area (Å²) in [6, 6.07) is 4.59. The molecule has 1 aromatic carbocycles. The molecular weight excluding hydrogens is 335 g/mol. The van der Waals surface area contributed by atoms with Gasteiger partial charge in [-0.05, 0) is 43.9 Å². The van der Waals surface area contributed by atoms with E-state index < -0.39 is 11.7 Å². The highest BCUT2D eigenvalue weighted by atomic mass is 19.4. The van der Waals surface area contributed by atoms with E-state index in [0.717, 1.165) is 25.0 Å². The molecule has 1 spiro atoms. The summed E-state index contributed by atoms with van der Waals surface area (Å²) < 4.78 is 50.1. The van der Waals surface area contributed by atoms with Crippen LogP contribution in [0.25, 0.3) is 0 Å². The van der Waals surface area contributed by atoms with Crippen molar-refractivity contribution < 1.29 is 27.4 Å². The highest BCUT2D eigenvalue weighted by Crippen LogP contribution is 2.37. The molecule has 3 rings (SSSR count). The Morgan fingerprint density at radius 1 is 1.32 bits per heavy atom. The number of piperidine rings is 1. The Balaban J connectivity index is 1.70. The van der Waals surface area contributed by atoms with E-state index in [-0.39, 0.29) is 23.2 Å². The Kier molecular flexibility index (Phi) is 5.06. The topological polar surface area (TPSA) is 38.8 Å². The first-order chi connectivity index (χ1) is 11.9. The van der Waals surface area contributed by atoms with Crippen LogP contribution in [0.1, 0.15) is 41.6 Å². The summed E-state index contributed by atoms with van der Waals surface area (Å²) >= 11 is 0. The molecule has 1 atom stereocenters. The largest absolute Gasteiger partial charge is 0.416 e. The van der Waals surface area contributed by atoms with E-state index in [1.54, 1.807) is 12.0 Å². The van der Waals surface area contributed by atoms with Gasteiger partial charge in [-0.2, -0.15) is 13.2 Å². The number of methoxy groups -OCH3 is 1. The average Bonchev–Trinajstić information content (AvgIpc) is 2.62. The van der Waals surface area contributed by atoms with Crippen molar-refractivity contribution in [3.63, 3.8) is 0 Å². The van der Waals surface area contributed by atoms with Crippen molar-refractivity contribution in [1.29, 1.82) is 0 Å². The smallest absolute Gasteiger partial charge is 0.378 e. The second kappa shape index (κ2) is 6.96. The Labute approximate surface area is 144 Å². The number of carbonyl (C=O) groups excluding carboxylic acids is 1. The van der Waals surface area contributed by atoms with Crippen LogP contribution in [-0.4, -0.2) is 49.3 Å². The number of amides is 1. The molecule has 2 aliphatic heterocycles. The van der Waals surface area contributed by atoms with E-state index in [2.05, 4.69) is 0 Å². The SMILES string of the molecule is CO[C@@H]1CCCOC12CCN(C(=O)c1cccc(C(F)(F)F)c1)CC2. The number of benzene rings is 1. The third-order valence-corrected chi connectivity index (χ3v) is 5.21. The van der Waals surface area contributed by atoms with Gasteiger partial charge in [0.2, 0.25) is 0 Å². The minimum Gasteiger partial charge on any atom is -0.378 e. The lowest BCUT2D eigenvalue weighted by atomic mass is 9.81. The summed E-state index contributed by atoms with van der Waals surface area (Å²) in [4.78, 5) is 14.2. The maximum atomic E-state index is 12.8. The number of rotatable bonds is 2. The zero-order valence-corrected chi connectivity index (χ0v) is 14.1. The van der Waals surface area contributed by atoms with Crippen molar-refractivity contribution in [3.05, 3.63) is 35.4 Å². The maximum Gasteiger partial charge on any atom is 0.416 e. The van der Waals surface area contributed by atoms with Gasteiger partial charge in [0, 0.05) is 32.4 Å². The van der Waals surface area contributed by atoms with Crippen molar-refractivity contribution in [2.75, 3.05) is 26.8 Å². The van der Waals surface area contributed by atoms with E-state index in [0.29, 0.717) is 32.5 Å². The van der Waals surface area contributed by atoms with E-state index in [1.807, 2.05) is 0 Å². The zero-order valence-electron chi connectivity index (χ0n) is 14.1. The van der Waals surface area contributed by atoms with E-state index in [9.17, 15) is 18.0 Å². The van der Waals surface area contributed by atoms with Gasteiger partial charge in [0.25, 0.3) is 5.91 Å².